The second-order valence-corrected chi connectivity index (χ2v) is 7.67. The summed E-state index contributed by atoms with van der Waals surface area (Å²) in [5, 5.41) is 11.6. The molecule has 1 aromatic heterocycles. The number of nitrogens with zero attached hydrogens (tertiary/aromatic N) is 3. The number of guanidine groups is 1. The molecule has 6 nitrogen and oxygen atoms in total. The third-order valence-electron chi connectivity index (χ3n) is 5.21. The van der Waals surface area contributed by atoms with Crippen molar-refractivity contribution in [2.24, 2.45) is 10.9 Å². The average Bonchev–Trinajstić information content (AvgIpc) is 2.97. The summed E-state index contributed by atoms with van der Waals surface area (Å²) in [6.07, 6.45) is 1.23. The van der Waals surface area contributed by atoms with Gasteiger partial charge in [-0.1, -0.05) is 44.2 Å². The molecule has 0 aliphatic heterocycles. The number of hydrogen-bond donors (Lipinski definition) is 2. The van der Waals surface area contributed by atoms with Crippen LogP contribution in [0.1, 0.15) is 49.7 Å². The van der Waals surface area contributed by atoms with Gasteiger partial charge in [0.15, 0.2) is 5.96 Å². The maximum Gasteiger partial charge on any atom is 0.191 e. The molecule has 0 fully saturated rings. The minimum Gasteiger partial charge on any atom is -0.378 e. The Morgan fingerprint density at radius 1 is 1.17 bits per heavy atom. The Bertz CT molecular complexity index is 767. The van der Waals surface area contributed by atoms with Crippen molar-refractivity contribution in [3.05, 3.63) is 52.8 Å². The molecule has 2 rings (SSSR count). The van der Waals surface area contributed by atoms with Crippen molar-refractivity contribution in [2.45, 2.75) is 60.2 Å². The number of benzene rings is 1. The van der Waals surface area contributed by atoms with Gasteiger partial charge in [-0.15, -0.1) is 0 Å². The first kappa shape index (κ1) is 22.9. The molecule has 2 aromatic rings. The van der Waals surface area contributed by atoms with Gasteiger partial charge in [-0.25, -0.2) is 0 Å². The highest BCUT2D eigenvalue weighted by Crippen LogP contribution is 2.15. The highest BCUT2D eigenvalue weighted by Gasteiger charge is 2.14. The van der Waals surface area contributed by atoms with E-state index < -0.39 is 0 Å². The molecule has 1 heterocycles. The molecule has 0 aliphatic carbocycles. The number of rotatable bonds is 10. The molecule has 0 saturated heterocycles. The molecule has 0 amide bonds. The molecule has 29 heavy (non-hydrogen) atoms. The highest BCUT2D eigenvalue weighted by molar-refractivity contribution is 5.79. The first-order chi connectivity index (χ1) is 14.0. The summed E-state index contributed by atoms with van der Waals surface area (Å²) in [6, 6.07) is 10.4. The predicted molar refractivity (Wildman–Crippen MR) is 120 cm³/mol. The Balaban J connectivity index is 1.90. The van der Waals surface area contributed by atoms with Crippen LogP contribution in [0.5, 0.6) is 0 Å². The normalized spacial score (nSPS) is 13.0. The van der Waals surface area contributed by atoms with Gasteiger partial charge in [0.05, 0.1) is 18.3 Å². The lowest BCUT2D eigenvalue weighted by molar-refractivity contribution is 0.0258. The zero-order chi connectivity index (χ0) is 21.2. The predicted octanol–water partition coefficient (Wildman–Crippen LogP) is 3.66. The van der Waals surface area contributed by atoms with Crippen molar-refractivity contribution < 1.29 is 4.74 Å². The molecular formula is C23H37N5O. The molecule has 0 saturated carbocycles. The van der Waals surface area contributed by atoms with Crippen molar-refractivity contribution in [1.29, 1.82) is 0 Å². The molecule has 1 atom stereocenters. The number of aliphatic imine (C=N–C) groups is 1. The van der Waals surface area contributed by atoms with Crippen LogP contribution in [0.3, 0.4) is 0 Å². The van der Waals surface area contributed by atoms with Crippen LogP contribution in [0.2, 0.25) is 0 Å². The zero-order valence-corrected chi connectivity index (χ0v) is 18.8. The maximum atomic E-state index is 5.82. The third-order valence-corrected chi connectivity index (χ3v) is 5.21. The second kappa shape index (κ2) is 11.6. The molecule has 1 unspecified atom stereocenters. The molecule has 0 bridgehead atoms. The fourth-order valence-electron chi connectivity index (χ4n) is 3.45. The lowest BCUT2D eigenvalue weighted by Gasteiger charge is -2.21. The number of hydrogen-bond acceptors (Lipinski definition) is 3. The van der Waals surface area contributed by atoms with E-state index in [0.717, 1.165) is 37.8 Å². The largest absolute Gasteiger partial charge is 0.378 e. The summed E-state index contributed by atoms with van der Waals surface area (Å²) < 4.78 is 7.90. The molecule has 6 heteroatoms. The van der Waals surface area contributed by atoms with Crippen LogP contribution in [0.25, 0.3) is 0 Å². The van der Waals surface area contributed by atoms with Gasteiger partial charge < -0.3 is 15.4 Å². The Morgan fingerprint density at radius 3 is 2.52 bits per heavy atom. The van der Waals surface area contributed by atoms with E-state index in [4.69, 9.17) is 9.84 Å². The number of nitrogens with one attached hydrogen (secondary N) is 2. The van der Waals surface area contributed by atoms with E-state index in [0.29, 0.717) is 12.5 Å². The zero-order valence-electron chi connectivity index (χ0n) is 18.8. The SMILES string of the molecule is CCOC(CCNC(=NC)NCc1c(C)nn(Cc2ccccc2)c1C)C(C)C. The summed E-state index contributed by atoms with van der Waals surface area (Å²) >= 11 is 0. The van der Waals surface area contributed by atoms with Gasteiger partial charge in [0.25, 0.3) is 0 Å². The van der Waals surface area contributed by atoms with Crippen molar-refractivity contribution in [3.8, 4) is 0 Å². The first-order valence-corrected chi connectivity index (χ1v) is 10.6. The van der Waals surface area contributed by atoms with E-state index in [1.165, 1.54) is 16.8 Å². The summed E-state index contributed by atoms with van der Waals surface area (Å²) in [5.41, 5.74) is 4.71. The summed E-state index contributed by atoms with van der Waals surface area (Å²) in [5.74, 6) is 1.31. The van der Waals surface area contributed by atoms with Crippen LogP contribution >= 0.6 is 0 Å². The fraction of sp³-hybridized carbons (Fsp3) is 0.565. The van der Waals surface area contributed by atoms with Gasteiger partial charge in [0, 0.05) is 38.0 Å². The Hall–Kier alpha value is -2.34. The third kappa shape index (κ3) is 6.89. The first-order valence-electron chi connectivity index (χ1n) is 10.6. The second-order valence-electron chi connectivity index (χ2n) is 7.67. The lowest BCUT2D eigenvalue weighted by atomic mass is 10.0. The van der Waals surface area contributed by atoms with Gasteiger partial charge >= 0.3 is 0 Å². The van der Waals surface area contributed by atoms with Crippen LogP contribution in [-0.4, -0.2) is 42.0 Å². The van der Waals surface area contributed by atoms with Gasteiger partial charge in [0.1, 0.15) is 0 Å². The van der Waals surface area contributed by atoms with E-state index in [-0.39, 0.29) is 6.10 Å². The summed E-state index contributed by atoms with van der Waals surface area (Å²) in [6.45, 7) is 13.7. The van der Waals surface area contributed by atoms with E-state index in [2.05, 4.69) is 72.3 Å². The van der Waals surface area contributed by atoms with Crippen molar-refractivity contribution in [2.75, 3.05) is 20.2 Å². The molecule has 160 valence electrons. The molecule has 0 aliphatic rings. The topological polar surface area (TPSA) is 63.5 Å². The highest BCUT2D eigenvalue weighted by atomic mass is 16.5. The molecule has 0 radical (unpaired) electrons. The van der Waals surface area contributed by atoms with Crippen LogP contribution in [0, 0.1) is 19.8 Å². The van der Waals surface area contributed by atoms with E-state index in [1.807, 2.05) is 13.0 Å². The number of aryl methyl sites for hydroxylation is 1. The molecule has 2 N–H and O–H groups in total. The van der Waals surface area contributed by atoms with Gasteiger partial charge in [-0.3, -0.25) is 9.67 Å². The molecule has 0 spiro atoms. The number of aromatic nitrogens is 2. The monoisotopic (exact) mass is 399 g/mol. The Morgan fingerprint density at radius 2 is 1.90 bits per heavy atom. The molecular weight excluding hydrogens is 362 g/mol. The van der Waals surface area contributed by atoms with E-state index >= 15 is 0 Å². The van der Waals surface area contributed by atoms with E-state index in [1.54, 1.807) is 7.05 Å². The van der Waals surface area contributed by atoms with Crippen LogP contribution in [0.15, 0.2) is 35.3 Å². The van der Waals surface area contributed by atoms with E-state index in [9.17, 15) is 0 Å². The Kier molecular flexibility index (Phi) is 9.19. The van der Waals surface area contributed by atoms with Crippen molar-refractivity contribution >= 4 is 5.96 Å². The van der Waals surface area contributed by atoms with Gasteiger partial charge in [0.2, 0.25) is 0 Å². The van der Waals surface area contributed by atoms with Gasteiger partial charge in [-0.2, -0.15) is 5.10 Å². The summed E-state index contributed by atoms with van der Waals surface area (Å²) in [4.78, 5) is 4.35. The average molecular weight is 400 g/mol. The quantitative estimate of drug-likeness (QED) is 0.473. The number of ether oxygens (including phenoxy) is 1. The maximum absolute atomic E-state index is 5.82. The van der Waals surface area contributed by atoms with Crippen LogP contribution in [-0.2, 0) is 17.8 Å². The van der Waals surface area contributed by atoms with Crippen molar-refractivity contribution in [3.63, 3.8) is 0 Å². The van der Waals surface area contributed by atoms with Crippen LogP contribution < -0.4 is 10.6 Å². The smallest absolute Gasteiger partial charge is 0.191 e. The van der Waals surface area contributed by atoms with Gasteiger partial charge in [-0.05, 0) is 38.7 Å². The Labute approximate surface area is 175 Å². The molecule has 1 aromatic carbocycles. The van der Waals surface area contributed by atoms with Crippen LogP contribution in [0.4, 0.5) is 0 Å². The minimum absolute atomic E-state index is 0.270. The lowest BCUT2D eigenvalue weighted by Crippen LogP contribution is -2.39. The van der Waals surface area contributed by atoms with Crippen molar-refractivity contribution in [1.82, 2.24) is 20.4 Å². The fourth-order valence-corrected chi connectivity index (χ4v) is 3.45. The standard InChI is InChI=1S/C23H37N5O/c1-7-29-22(17(2)3)13-14-25-23(24-6)26-15-21-18(4)27-28(19(21)5)16-20-11-9-8-10-12-20/h8-12,17,22H,7,13-16H2,1-6H3,(H2,24,25,26). The minimum atomic E-state index is 0.270. The summed E-state index contributed by atoms with van der Waals surface area (Å²) in [7, 11) is 1.80.